The van der Waals surface area contributed by atoms with E-state index < -0.39 is 0 Å². The molecule has 2 rings (SSSR count). The van der Waals surface area contributed by atoms with Gasteiger partial charge in [0.1, 0.15) is 4.47 Å². The van der Waals surface area contributed by atoms with E-state index in [1.165, 1.54) is 4.68 Å². The van der Waals surface area contributed by atoms with Crippen LogP contribution in [0.25, 0.3) is 0 Å². The van der Waals surface area contributed by atoms with Crippen LogP contribution < -0.4 is 10.5 Å². The summed E-state index contributed by atoms with van der Waals surface area (Å²) in [4.78, 5) is 13.7. The van der Waals surface area contributed by atoms with Crippen LogP contribution in [-0.2, 0) is 11.8 Å². The molecule has 6 heteroatoms. The van der Waals surface area contributed by atoms with Crippen LogP contribution in [-0.4, -0.2) is 36.1 Å². The number of aromatic nitrogens is 2. The summed E-state index contributed by atoms with van der Waals surface area (Å²) in [6, 6.07) is 0. The number of morpholine rings is 1. The van der Waals surface area contributed by atoms with Crippen LogP contribution in [0.15, 0.2) is 15.5 Å². The predicted octanol–water partition coefficient (Wildman–Crippen LogP) is 0.379. The molecule has 2 heterocycles. The van der Waals surface area contributed by atoms with Crippen molar-refractivity contribution in [3.63, 3.8) is 0 Å². The zero-order chi connectivity index (χ0) is 10.8. The lowest BCUT2D eigenvalue weighted by Crippen LogP contribution is -2.38. The van der Waals surface area contributed by atoms with Crippen LogP contribution in [0.5, 0.6) is 0 Å². The molecule has 5 nitrogen and oxygen atoms in total. The highest BCUT2D eigenvalue weighted by molar-refractivity contribution is 9.10. The van der Waals surface area contributed by atoms with Crippen LogP contribution >= 0.6 is 15.9 Å². The molecule has 0 radical (unpaired) electrons. The minimum Gasteiger partial charge on any atom is -0.378 e. The lowest BCUT2D eigenvalue weighted by molar-refractivity contribution is 0.122. The van der Waals surface area contributed by atoms with E-state index in [4.69, 9.17) is 4.74 Å². The molecule has 0 spiro atoms. The fourth-order valence-corrected chi connectivity index (χ4v) is 2.14. The van der Waals surface area contributed by atoms with E-state index in [0.29, 0.717) is 17.7 Å². The molecule has 1 aromatic rings. The number of hydrogen-bond donors (Lipinski definition) is 0. The standard InChI is InChI=1S/C9H12BrN3O2/c1-12-9(14)8(10)7(6-11-12)13-2-4-15-5-3-13/h6H,2-5H2,1H3. The third-order valence-corrected chi connectivity index (χ3v) is 3.16. The van der Waals surface area contributed by atoms with Crippen LogP contribution in [0.4, 0.5) is 5.69 Å². The Morgan fingerprint density at radius 3 is 2.80 bits per heavy atom. The molecule has 0 bridgehead atoms. The Hall–Kier alpha value is -0.880. The molecule has 0 aliphatic carbocycles. The minimum atomic E-state index is -0.112. The number of anilines is 1. The first-order valence-electron chi connectivity index (χ1n) is 4.74. The molecule has 0 saturated carbocycles. The molecule has 1 saturated heterocycles. The third-order valence-electron chi connectivity index (χ3n) is 2.41. The third kappa shape index (κ3) is 2.05. The SMILES string of the molecule is Cn1ncc(N2CCOCC2)c(Br)c1=O. The lowest BCUT2D eigenvalue weighted by atomic mass is 10.3. The van der Waals surface area contributed by atoms with Gasteiger partial charge in [0.25, 0.3) is 5.56 Å². The summed E-state index contributed by atoms with van der Waals surface area (Å²) in [5, 5.41) is 4.01. The van der Waals surface area contributed by atoms with Gasteiger partial charge < -0.3 is 9.64 Å². The van der Waals surface area contributed by atoms with Gasteiger partial charge in [-0.3, -0.25) is 4.79 Å². The molecule has 0 aromatic carbocycles. The first-order chi connectivity index (χ1) is 7.20. The molecule has 0 unspecified atom stereocenters. The van der Waals surface area contributed by atoms with Gasteiger partial charge in [-0.2, -0.15) is 5.10 Å². The van der Waals surface area contributed by atoms with Crippen LogP contribution in [0, 0.1) is 0 Å². The van der Waals surface area contributed by atoms with Gasteiger partial charge in [0, 0.05) is 20.1 Å². The molecular formula is C9H12BrN3O2. The van der Waals surface area contributed by atoms with E-state index in [0.717, 1.165) is 18.8 Å². The number of nitrogens with zero attached hydrogens (tertiary/aromatic N) is 3. The molecular weight excluding hydrogens is 262 g/mol. The van der Waals surface area contributed by atoms with Gasteiger partial charge in [0.15, 0.2) is 0 Å². The Bertz CT molecular complexity index is 412. The molecule has 1 aliphatic heterocycles. The van der Waals surface area contributed by atoms with Crippen molar-refractivity contribution in [3.8, 4) is 0 Å². The minimum absolute atomic E-state index is 0.112. The van der Waals surface area contributed by atoms with Crippen molar-refractivity contribution < 1.29 is 4.74 Å². The maximum Gasteiger partial charge on any atom is 0.282 e. The highest BCUT2D eigenvalue weighted by atomic mass is 79.9. The fourth-order valence-electron chi connectivity index (χ4n) is 1.53. The second-order valence-corrected chi connectivity index (χ2v) is 4.16. The molecule has 82 valence electrons. The van der Waals surface area contributed by atoms with E-state index in [9.17, 15) is 4.79 Å². The molecule has 0 N–H and O–H groups in total. The van der Waals surface area contributed by atoms with Crippen LogP contribution in [0.1, 0.15) is 0 Å². The van der Waals surface area contributed by atoms with Gasteiger partial charge in [0.05, 0.1) is 25.1 Å². The van der Waals surface area contributed by atoms with E-state index >= 15 is 0 Å². The van der Waals surface area contributed by atoms with Gasteiger partial charge in [0.2, 0.25) is 0 Å². The Balaban J connectivity index is 2.35. The van der Waals surface area contributed by atoms with Crippen molar-refractivity contribution in [2.45, 2.75) is 0 Å². The Morgan fingerprint density at radius 2 is 2.13 bits per heavy atom. The second kappa shape index (κ2) is 4.32. The normalized spacial score (nSPS) is 16.8. The zero-order valence-electron chi connectivity index (χ0n) is 8.44. The van der Waals surface area contributed by atoms with Gasteiger partial charge in [-0.05, 0) is 15.9 Å². The van der Waals surface area contributed by atoms with Gasteiger partial charge in [-0.25, -0.2) is 4.68 Å². The van der Waals surface area contributed by atoms with Crippen molar-refractivity contribution in [1.29, 1.82) is 0 Å². The predicted molar refractivity (Wildman–Crippen MR) is 60.2 cm³/mol. The number of ether oxygens (including phenoxy) is 1. The maximum atomic E-state index is 11.6. The quantitative estimate of drug-likeness (QED) is 0.742. The molecule has 1 aliphatic rings. The Morgan fingerprint density at radius 1 is 1.47 bits per heavy atom. The molecule has 0 atom stereocenters. The van der Waals surface area contributed by atoms with Gasteiger partial charge in [-0.15, -0.1) is 0 Å². The molecule has 15 heavy (non-hydrogen) atoms. The van der Waals surface area contributed by atoms with Crippen molar-refractivity contribution in [2.75, 3.05) is 31.2 Å². The Kier molecular flexibility index (Phi) is 3.06. The molecule has 0 amide bonds. The van der Waals surface area contributed by atoms with Gasteiger partial charge in [-0.1, -0.05) is 0 Å². The van der Waals surface area contributed by atoms with Crippen LogP contribution in [0.3, 0.4) is 0 Å². The van der Waals surface area contributed by atoms with Crippen molar-refractivity contribution in [2.24, 2.45) is 7.05 Å². The number of halogens is 1. The molecule has 1 aromatic heterocycles. The first-order valence-corrected chi connectivity index (χ1v) is 5.54. The van der Waals surface area contributed by atoms with Crippen LogP contribution in [0.2, 0.25) is 0 Å². The summed E-state index contributed by atoms with van der Waals surface area (Å²) in [5.74, 6) is 0. The topological polar surface area (TPSA) is 47.4 Å². The monoisotopic (exact) mass is 273 g/mol. The fraction of sp³-hybridized carbons (Fsp3) is 0.556. The summed E-state index contributed by atoms with van der Waals surface area (Å²) < 4.78 is 7.14. The maximum absolute atomic E-state index is 11.6. The number of rotatable bonds is 1. The van der Waals surface area contributed by atoms with E-state index in [-0.39, 0.29) is 5.56 Å². The first kappa shape index (κ1) is 10.6. The Labute approximate surface area is 95.8 Å². The van der Waals surface area contributed by atoms with Crippen molar-refractivity contribution in [1.82, 2.24) is 9.78 Å². The van der Waals surface area contributed by atoms with E-state index in [2.05, 4.69) is 25.9 Å². The van der Waals surface area contributed by atoms with E-state index in [1.54, 1.807) is 13.2 Å². The van der Waals surface area contributed by atoms with Crippen molar-refractivity contribution >= 4 is 21.6 Å². The average Bonchev–Trinajstić information content (AvgIpc) is 2.27. The van der Waals surface area contributed by atoms with Gasteiger partial charge >= 0.3 is 0 Å². The van der Waals surface area contributed by atoms with E-state index in [1.807, 2.05) is 0 Å². The average molecular weight is 274 g/mol. The summed E-state index contributed by atoms with van der Waals surface area (Å²) in [7, 11) is 1.64. The summed E-state index contributed by atoms with van der Waals surface area (Å²) in [6.45, 7) is 2.99. The number of aryl methyl sites for hydroxylation is 1. The highest BCUT2D eigenvalue weighted by Crippen LogP contribution is 2.21. The van der Waals surface area contributed by atoms with Crippen molar-refractivity contribution in [3.05, 3.63) is 21.0 Å². The highest BCUT2D eigenvalue weighted by Gasteiger charge is 2.16. The summed E-state index contributed by atoms with van der Waals surface area (Å²) in [6.07, 6.45) is 1.71. The summed E-state index contributed by atoms with van der Waals surface area (Å²) >= 11 is 3.31. The zero-order valence-corrected chi connectivity index (χ0v) is 10.0. The molecule has 1 fully saturated rings. The number of hydrogen-bond acceptors (Lipinski definition) is 4. The second-order valence-electron chi connectivity index (χ2n) is 3.37. The largest absolute Gasteiger partial charge is 0.378 e. The smallest absolute Gasteiger partial charge is 0.282 e. The summed E-state index contributed by atoms with van der Waals surface area (Å²) in [5.41, 5.74) is 0.736. The lowest BCUT2D eigenvalue weighted by Gasteiger charge is -2.29.